The maximum absolute atomic E-state index is 11.8. The molecular formula is C11H16ClNO2S. The van der Waals surface area contributed by atoms with Gasteiger partial charge in [-0.3, -0.25) is 4.79 Å². The van der Waals surface area contributed by atoms with Crippen LogP contribution in [0.4, 0.5) is 0 Å². The highest BCUT2D eigenvalue weighted by Crippen LogP contribution is 2.20. The fourth-order valence-electron chi connectivity index (χ4n) is 1.27. The molecule has 90 valence electrons. The Bertz CT molecular complexity index is 345. The summed E-state index contributed by atoms with van der Waals surface area (Å²) in [5.41, 5.74) is 1.14. The molecule has 1 amide bonds. The molecule has 0 radical (unpaired) electrons. The van der Waals surface area contributed by atoms with Crippen molar-refractivity contribution in [2.75, 3.05) is 19.6 Å². The van der Waals surface area contributed by atoms with Crippen LogP contribution in [0.1, 0.15) is 20.1 Å². The SMILES string of the molecule is COCC(CCl)NC(=O)c1cc(C)c(C)s1. The van der Waals surface area contributed by atoms with Gasteiger partial charge in [0.05, 0.1) is 17.5 Å². The van der Waals surface area contributed by atoms with Gasteiger partial charge in [-0.15, -0.1) is 22.9 Å². The Morgan fingerprint density at radius 1 is 1.62 bits per heavy atom. The second-order valence-electron chi connectivity index (χ2n) is 3.63. The first-order valence-corrected chi connectivity index (χ1v) is 6.36. The van der Waals surface area contributed by atoms with E-state index in [2.05, 4.69) is 5.32 Å². The monoisotopic (exact) mass is 261 g/mol. The fraction of sp³-hybridized carbons (Fsp3) is 0.545. The Labute approximate surface area is 105 Å². The fourth-order valence-corrected chi connectivity index (χ4v) is 2.37. The number of alkyl halides is 1. The van der Waals surface area contributed by atoms with Crippen molar-refractivity contribution in [1.82, 2.24) is 5.32 Å². The minimum atomic E-state index is -0.137. The van der Waals surface area contributed by atoms with Crippen LogP contribution in [0.15, 0.2) is 6.07 Å². The molecule has 1 heterocycles. The number of thiophene rings is 1. The zero-order valence-corrected chi connectivity index (χ0v) is 11.2. The first kappa shape index (κ1) is 13.5. The van der Waals surface area contributed by atoms with Crippen LogP contribution in [-0.2, 0) is 4.74 Å². The highest BCUT2D eigenvalue weighted by molar-refractivity contribution is 7.14. The van der Waals surface area contributed by atoms with Crippen molar-refractivity contribution in [3.05, 3.63) is 21.4 Å². The molecule has 1 N–H and O–H groups in total. The van der Waals surface area contributed by atoms with Gasteiger partial charge >= 0.3 is 0 Å². The molecule has 1 aromatic rings. The molecule has 0 saturated heterocycles. The van der Waals surface area contributed by atoms with E-state index in [-0.39, 0.29) is 11.9 Å². The van der Waals surface area contributed by atoms with Crippen molar-refractivity contribution >= 4 is 28.8 Å². The smallest absolute Gasteiger partial charge is 0.261 e. The number of hydrogen-bond donors (Lipinski definition) is 1. The highest BCUT2D eigenvalue weighted by Gasteiger charge is 2.15. The van der Waals surface area contributed by atoms with E-state index >= 15 is 0 Å². The van der Waals surface area contributed by atoms with Crippen LogP contribution >= 0.6 is 22.9 Å². The Balaban J connectivity index is 2.64. The van der Waals surface area contributed by atoms with E-state index in [9.17, 15) is 4.79 Å². The van der Waals surface area contributed by atoms with Crippen LogP contribution in [-0.4, -0.2) is 31.5 Å². The van der Waals surface area contributed by atoms with E-state index in [1.807, 2.05) is 19.9 Å². The van der Waals surface area contributed by atoms with Gasteiger partial charge in [0, 0.05) is 17.9 Å². The topological polar surface area (TPSA) is 38.3 Å². The molecule has 1 unspecified atom stereocenters. The molecule has 0 aromatic carbocycles. The van der Waals surface area contributed by atoms with Crippen molar-refractivity contribution in [2.24, 2.45) is 0 Å². The lowest BCUT2D eigenvalue weighted by atomic mass is 10.2. The van der Waals surface area contributed by atoms with Gasteiger partial charge in [-0.1, -0.05) is 0 Å². The lowest BCUT2D eigenvalue weighted by molar-refractivity contribution is 0.0911. The Kier molecular flexibility index (Phi) is 5.25. The molecule has 0 fully saturated rings. The summed E-state index contributed by atoms with van der Waals surface area (Å²) in [4.78, 5) is 13.7. The van der Waals surface area contributed by atoms with E-state index in [0.717, 1.165) is 10.4 Å². The summed E-state index contributed by atoms with van der Waals surface area (Å²) in [6.45, 7) is 4.43. The summed E-state index contributed by atoms with van der Waals surface area (Å²) in [5.74, 6) is 0.270. The van der Waals surface area contributed by atoms with E-state index in [0.29, 0.717) is 12.5 Å². The number of methoxy groups -OCH3 is 1. The van der Waals surface area contributed by atoms with Crippen molar-refractivity contribution in [3.8, 4) is 0 Å². The van der Waals surface area contributed by atoms with Gasteiger partial charge in [-0.05, 0) is 25.5 Å². The van der Waals surface area contributed by atoms with Crippen molar-refractivity contribution in [3.63, 3.8) is 0 Å². The molecule has 3 nitrogen and oxygen atoms in total. The molecule has 1 rings (SSSR count). The zero-order chi connectivity index (χ0) is 12.1. The molecule has 16 heavy (non-hydrogen) atoms. The van der Waals surface area contributed by atoms with Gasteiger partial charge in [0.15, 0.2) is 0 Å². The molecular weight excluding hydrogens is 246 g/mol. The quantitative estimate of drug-likeness (QED) is 0.827. The summed E-state index contributed by atoms with van der Waals surface area (Å²) < 4.78 is 4.96. The van der Waals surface area contributed by atoms with Gasteiger partial charge in [-0.2, -0.15) is 0 Å². The first-order valence-electron chi connectivity index (χ1n) is 5.01. The third-order valence-corrected chi connectivity index (χ3v) is 3.80. The predicted octanol–water partition coefficient (Wildman–Crippen LogP) is 2.35. The third-order valence-electron chi connectivity index (χ3n) is 2.28. The predicted molar refractivity (Wildman–Crippen MR) is 67.6 cm³/mol. The van der Waals surface area contributed by atoms with Crippen LogP contribution in [0, 0.1) is 13.8 Å². The standard InChI is InChI=1S/C11H16ClNO2S/c1-7-4-10(16-8(7)2)11(14)13-9(5-12)6-15-3/h4,9H,5-6H2,1-3H3,(H,13,14). The molecule has 0 spiro atoms. The van der Waals surface area contributed by atoms with Gasteiger partial charge in [0.2, 0.25) is 0 Å². The number of carbonyl (C=O) groups excluding carboxylic acids is 1. The third kappa shape index (κ3) is 3.47. The number of ether oxygens (including phenoxy) is 1. The molecule has 1 aromatic heterocycles. The van der Waals surface area contributed by atoms with E-state index in [1.54, 1.807) is 7.11 Å². The van der Waals surface area contributed by atoms with Gasteiger partial charge < -0.3 is 10.1 Å². The molecule has 1 atom stereocenters. The summed E-state index contributed by atoms with van der Waals surface area (Å²) in [7, 11) is 1.59. The molecule has 0 saturated carbocycles. The number of halogens is 1. The minimum Gasteiger partial charge on any atom is -0.383 e. The molecule has 0 bridgehead atoms. The van der Waals surface area contributed by atoms with Gasteiger partial charge in [0.1, 0.15) is 0 Å². The minimum absolute atomic E-state index is 0.0797. The Morgan fingerprint density at radius 2 is 2.31 bits per heavy atom. The summed E-state index contributed by atoms with van der Waals surface area (Å²) >= 11 is 7.22. The van der Waals surface area contributed by atoms with E-state index in [1.165, 1.54) is 16.2 Å². The first-order chi connectivity index (χ1) is 7.58. The van der Waals surface area contributed by atoms with E-state index < -0.39 is 0 Å². The zero-order valence-electron chi connectivity index (χ0n) is 9.67. The second-order valence-corrected chi connectivity index (χ2v) is 5.19. The van der Waals surface area contributed by atoms with Crippen LogP contribution in [0.5, 0.6) is 0 Å². The molecule has 0 aliphatic rings. The Hall–Kier alpha value is -0.580. The van der Waals surface area contributed by atoms with Crippen molar-refractivity contribution in [2.45, 2.75) is 19.9 Å². The Morgan fingerprint density at radius 3 is 2.75 bits per heavy atom. The lowest BCUT2D eigenvalue weighted by Crippen LogP contribution is -2.39. The number of hydrogen-bond acceptors (Lipinski definition) is 3. The van der Waals surface area contributed by atoms with Gasteiger partial charge in [0.25, 0.3) is 5.91 Å². The molecule has 0 aliphatic heterocycles. The summed E-state index contributed by atoms with van der Waals surface area (Å²) in [6, 6.07) is 1.76. The average Bonchev–Trinajstić information content (AvgIpc) is 2.58. The maximum Gasteiger partial charge on any atom is 0.261 e. The van der Waals surface area contributed by atoms with Gasteiger partial charge in [-0.25, -0.2) is 0 Å². The number of nitrogens with one attached hydrogen (secondary N) is 1. The molecule has 5 heteroatoms. The second kappa shape index (κ2) is 6.23. The van der Waals surface area contributed by atoms with Crippen LogP contribution in [0.25, 0.3) is 0 Å². The molecule has 0 aliphatic carbocycles. The summed E-state index contributed by atoms with van der Waals surface area (Å²) in [6.07, 6.45) is 0. The largest absolute Gasteiger partial charge is 0.383 e. The number of aryl methyl sites for hydroxylation is 2. The lowest BCUT2D eigenvalue weighted by Gasteiger charge is -2.13. The normalized spacial score (nSPS) is 12.5. The van der Waals surface area contributed by atoms with Crippen LogP contribution in [0.3, 0.4) is 0 Å². The number of carbonyl (C=O) groups is 1. The summed E-state index contributed by atoms with van der Waals surface area (Å²) in [5, 5.41) is 2.84. The van der Waals surface area contributed by atoms with Crippen LogP contribution in [0.2, 0.25) is 0 Å². The van der Waals surface area contributed by atoms with E-state index in [4.69, 9.17) is 16.3 Å². The van der Waals surface area contributed by atoms with Crippen molar-refractivity contribution < 1.29 is 9.53 Å². The van der Waals surface area contributed by atoms with Crippen LogP contribution < -0.4 is 5.32 Å². The maximum atomic E-state index is 11.8. The highest BCUT2D eigenvalue weighted by atomic mass is 35.5. The van der Waals surface area contributed by atoms with Crippen molar-refractivity contribution in [1.29, 1.82) is 0 Å². The number of rotatable bonds is 5. The number of amides is 1. The average molecular weight is 262 g/mol.